The van der Waals surface area contributed by atoms with Crippen molar-refractivity contribution in [2.24, 2.45) is 5.41 Å². The number of rotatable bonds is 4. The van der Waals surface area contributed by atoms with Crippen molar-refractivity contribution in [2.75, 3.05) is 12.3 Å². The summed E-state index contributed by atoms with van der Waals surface area (Å²) in [5.41, 5.74) is 0.201. The van der Waals surface area contributed by atoms with E-state index in [-0.39, 0.29) is 17.2 Å². The third-order valence-electron chi connectivity index (χ3n) is 3.72. The molecule has 0 amide bonds. The first-order valence-electron chi connectivity index (χ1n) is 6.60. The van der Waals surface area contributed by atoms with Crippen molar-refractivity contribution in [3.63, 3.8) is 0 Å². The molecule has 3 nitrogen and oxygen atoms in total. The van der Waals surface area contributed by atoms with Crippen molar-refractivity contribution >= 4 is 9.84 Å². The van der Waals surface area contributed by atoms with Crippen LogP contribution in [0.25, 0.3) is 0 Å². The molecule has 1 aliphatic rings. The molecular weight excluding hydrogens is 258 g/mol. The molecule has 0 spiro atoms. The Morgan fingerprint density at radius 1 is 1.32 bits per heavy atom. The summed E-state index contributed by atoms with van der Waals surface area (Å²) in [5.74, 6) is 0.0608. The smallest absolute Gasteiger partial charge is 0.181 e. The number of benzene rings is 1. The van der Waals surface area contributed by atoms with Gasteiger partial charge in [-0.1, -0.05) is 44.2 Å². The minimum absolute atomic E-state index is 0.0608. The molecule has 1 atom stereocenters. The van der Waals surface area contributed by atoms with Crippen molar-refractivity contribution in [3.8, 4) is 0 Å². The highest BCUT2D eigenvalue weighted by Crippen LogP contribution is 2.30. The Morgan fingerprint density at radius 3 is 2.58 bits per heavy atom. The van der Waals surface area contributed by atoms with Crippen molar-refractivity contribution in [1.82, 2.24) is 5.32 Å². The zero-order chi connectivity index (χ0) is 13.9. The van der Waals surface area contributed by atoms with E-state index in [0.29, 0.717) is 4.90 Å². The van der Waals surface area contributed by atoms with Crippen LogP contribution in [-0.2, 0) is 9.84 Å². The van der Waals surface area contributed by atoms with Crippen LogP contribution in [0.3, 0.4) is 0 Å². The summed E-state index contributed by atoms with van der Waals surface area (Å²) < 4.78 is 24.2. The van der Waals surface area contributed by atoms with Gasteiger partial charge in [0, 0.05) is 6.04 Å². The summed E-state index contributed by atoms with van der Waals surface area (Å²) in [7, 11) is -3.20. The molecule has 4 heteroatoms. The molecule has 104 valence electrons. The molecule has 1 heterocycles. The van der Waals surface area contributed by atoms with Crippen LogP contribution in [-0.4, -0.2) is 26.8 Å². The average molecular weight is 279 g/mol. The summed E-state index contributed by atoms with van der Waals surface area (Å²) in [6, 6.07) is 8.86. The lowest BCUT2D eigenvalue weighted by atomic mass is 9.85. The first-order chi connectivity index (χ1) is 8.92. The van der Waals surface area contributed by atoms with Gasteiger partial charge in [-0.05, 0) is 30.5 Å². The number of hydrogen-bond donors (Lipinski definition) is 1. The average Bonchev–Trinajstić information content (AvgIpc) is 2.70. The van der Waals surface area contributed by atoms with E-state index >= 15 is 0 Å². The van der Waals surface area contributed by atoms with E-state index in [4.69, 9.17) is 0 Å². The Kier molecular flexibility index (Phi) is 4.11. The Labute approximate surface area is 115 Å². The Bertz CT molecular complexity index is 547. The summed E-state index contributed by atoms with van der Waals surface area (Å²) >= 11 is 0. The van der Waals surface area contributed by atoms with E-state index in [0.717, 1.165) is 13.0 Å². The lowest BCUT2D eigenvalue weighted by Crippen LogP contribution is -2.30. The first kappa shape index (κ1) is 14.3. The van der Waals surface area contributed by atoms with Crippen LogP contribution in [0, 0.1) is 5.41 Å². The second kappa shape index (κ2) is 5.47. The second-order valence-corrected chi connectivity index (χ2v) is 7.73. The third-order valence-corrected chi connectivity index (χ3v) is 5.34. The van der Waals surface area contributed by atoms with Crippen LogP contribution in [0.2, 0.25) is 0 Å². The standard InChI is InChI=1S/C15H21NO2S/c1-15(2)10-11-16-14(15)9-6-12-19(17,18)13-7-4-3-5-8-13/h3-9,14,16H,10-12H2,1-2H3/b9-6+. The molecule has 1 N–H and O–H groups in total. The molecule has 1 saturated heterocycles. The minimum Gasteiger partial charge on any atom is -0.310 e. The van der Waals surface area contributed by atoms with Crippen LogP contribution in [0.1, 0.15) is 20.3 Å². The SMILES string of the molecule is CC1(C)CCNC1/C=C/CS(=O)(=O)c1ccccc1. The van der Waals surface area contributed by atoms with E-state index in [2.05, 4.69) is 19.2 Å². The molecule has 1 aromatic rings. The molecule has 1 aromatic carbocycles. The zero-order valence-electron chi connectivity index (χ0n) is 11.5. The van der Waals surface area contributed by atoms with Gasteiger partial charge in [-0.2, -0.15) is 0 Å². The van der Waals surface area contributed by atoms with E-state index < -0.39 is 9.84 Å². The largest absolute Gasteiger partial charge is 0.310 e. The van der Waals surface area contributed by atoms with Gasteiger partial charge in [0.25, 0.3) is 0 Å². The highest BCUT2D eigenvalue weighted by atomic mass is 32.2. The van der Waals surface area contributed by atoms with Gasteiger partial charge in [-0.25, -0.2) is 8.42 Å². The summed E-state index contributed by atoms with van der Waals surface area (Å²) in [6.07, 6.45) is 4.88. The minimum atomic E-state index is -3.20. The van der Waals surface area contributed by atoms with Gasteiger partial charge in [0.05, 0.1) is 10.6 Å². The van der Waals surface area contributed by atoms with Gasteiger partial charge in [-0.15, -0.1) is 0 Å². The maximum atomic E-state index is 12.1. The predicted octanol–water partition coefficient (Wildman–Crippen LogP) is 2.40. The maximum absolute atomic E-state index is 12.1. The molecule has 0 radical (unpaired) electrons. The van der Waals surface area contributed by atoms with E-state index in [9.17, 15) is 8.42 Å². The van der Waals surface area contributed by atoms with Gasteiger partial charge in [0.15, 0.2) is 9.84 Å². The predicted molar refractivity (Wildman–Crippen MR) is 77.8 cm³/mol. The number of hydrogen-bond acceptors (Lipinski definition) is 3. The molecule has 1 aliphatic heterocycles. The molecule has 2 rings (SSSR count). The zero-order valence-corrected chi connectivity index (χ0v) is 12.3. The third kappa shape index (κ3) is 3.45. The van der Waals surface area contributed by atoms with Gasteiger partial charge >= 0.3 is 0 Å². The molecule has 19 heavy (non-hydrogen) atoms. The Balaban J connectivity index is 2.03. The van der Waals surface area contributed by atoms with Crippen LogP contribution in [0.5, 0.6) is 0 Å². The molecular formula is C15H21NO2S. The van der Waals surface area contributed by atoms with E-state index in [1.165, 1.54) is 0 Å². The molecule has 1 unspecified atom stereocenters. The van der Waals surface area contributed by atoms with Gasteiger partial charge < -0.3 is 5.32 Å². The monoisotopic (exact) mass is 279 g/mol. The second-order valence-electron chi connectivity index (χ2n) is 5.69. The van der Waals surface area contributed by atoms with Crippen LogP contribution < -0.4 is 5.32 Å². The van der Waals surface area contributed by atoms with Crippen molar-refractivity contribution in [2.45, 2.75) is 31.2 Å². The van der Waals surface area contributed by atoms with Gasteiger partial charge in [-0.3, -0.25) is 0 Å². The van der Waals surface area contributed by atoms with Crippen molar-refractivity contribution < 1.29 is 8.42 Å². The Morgan fingerprint density at radius 2 is 2.00 bits per heavy atom. The van der Waals surface area contributed by atoms with Gasteiger partial charge in [0.2, 0.25) is 0 Å². The number of nitrogens with one attached hydrogen (secondary N) is 1. The van der Waals surface area contributed by atoms with Crippen LogP contribution in [0.4, 0.5) is 0 Å². The highest BCUT2D eigenvalue weighted by molar-refractivity contribution is 7.91. The first-order valence-corrected chi connectivity index (χ1v) is 8.25. The molecule has 0 bridgehead atoms. The van der Waals surface area contributed by atoms with Crippen molar-refractivity contribution in [1.29, 1.82) is 0 Å². The lowest BCUT2D eigenvalue weighted by molar-refractivity contribution is 0.357. The van der Waals surface area contributed by atoms with Gasteiger partial charge in [0.1, 0.15) is 0 Å². The normalized spacial score (nSPS) is 22.9. The fourth-order valence-electron chi connectivity index (χ4n) is 2.35. The van der Waals surface area contributed by atoms with Crippen LogP contribution in [0.15, 0.2) is 47.4 Å². The van der Waals surface area contributed by atoms with E-state index in [1.54, 1.807) is 30.3 Å². The molecule has 0 aliphatic carbocycles. The quantitative estimate of drug-likeness (QED) is 0.861. The fourth-order valence-corrected chi connectivity index (χ4v) is 3.48. The molecule has 0 aromatic heterocycles. The topological polar surface area (TPSA) is 46.2 Å². The summed E-state index contributed by atoms with van der Waals surface area (Å²) in [5, 5.41) is 3.39. The summed E-state index contributed by atoms with van der Waals surface area (Å²) in [4.78, 5) is 0.387. The fraction of sp³-hybridized carbons (Fsp3) is 0.467. The Hall–Kier alpha value is -1.13. The highest BCUT2D eigenvalue weighted by Gasteiger charge is 2.32. The van der Waals surface area contributed by atoms with Crippen LogP contribution >= 0.6 is 0 Å². The molecule has 0 saturated carbocycles. The van der Waals surface area contributed by atoms with E-state index in [1.807, 2.05) is 12.1 Å². The lowest BCUT2D eigenvalue weighted by Gasteiger charge is -2.23. The maximum Gasteiger partial charge on any atom is 0.181 e. The number of sulfone groups is 1. The summed E-state index contributed by atoms with van der Waals surface area (Å²) in [6.45, 7) is 5.40. The van der Waals surface area contributed by atoms with Crippen molar-refractivity contribution in [3.05, 3.63) is 42.5 Å². The molecule has 1 fully saturated rings.